The monoisotopic (exact) mass is 338 g/mol. The Morgan fingerprint density at radius 2 is 2.00 bits per heavy atom. The zero-order valence-corrected chi connectivity index (χ0v) is 15.0. The largest absolute Gasteiger partial charge is 0.497 e. The highest BCUT2D eigenvalue weighted by atomic mass is 16.5. The molecule has 2 aromatic carbocycles. The summed E-state index contributed by atoms with van der Waals surface area (Å²) in [4.78, 5) is 14.9. The summed E-state index contributed by atoms with van der Waals surface area (Å²) in [5, 5.41) is 3.09. The van der Waals surface area contributed by atoms with Gasteiger partial charge in [0.1, 0.15) is 5.75 Å². The van der Waals surface area contributed by atoms with Gasteiger partial charge in [-0.1, -0.05) is 37.3 Å². The normalized spacial score (nSPS) is 15.3. The van der Waals surface area contributed by atoms with Gasteiger partial charge in [0.2, 0.25) is 0 Å². The van der Waals surface area contributed by atoms with Crippen LogP contribution >= 0.6 is 0 Å². The second-order valence-electron chi connectivity index (χ2n) is 6.49. The van der Waals surface area contributed by atoms with Crippen LogP contribution in [-0.4, -0.2) is 37.0 Å². The number of hydrogen-bond donors (Lipinski definition) is 1. The summed E-state index contributed by atoms with van der Waals surface area (Å²) in [6.45, 7) is 4.85. The molecule has 1 aliphatic rings. The standard InChI is InChI=1S/C21H26N2O2/c1-3-19(23-12-11-16-7-4-5-8-18(16)15-23)14-22-21(24)17-9-6-10-20(13-17)25-2/h4-10,13,19H,3,11-12,14-15H2,1-2H3,(H,22,24). The smallest absolute Gasteiger partial charge is 0.251 e. The summed E-state index contributed by atoms with van der Waals surface area (Å²) in [5.74, 6) is 0.655. The Bertz CT molecular complexity index is 729. The van der Waals surface area contributed by atoms with Crippen molar-refractivity contribution in [2.24, 2.45) is 0 Å². The van der Waals surface area contributed by atoms with Crippen LogP contribution in [0, 0.1) is 0 Å². The molecule has 0 aromatic heterocycles. The van der Waals surface area contributed by atoms with E-state index in [-0.39, 0.29) is 5.91 Å². The van der Waals surface area contributed by atoms with Gasteiger partial charge >= 0.3 is 0 Å². The highest BCUT2D eigenvalue weighted by Crippen LogP contribution is 2.21. The molecule has 1 unspecified atom stereocenters. The quantitative estimate of drug-likeness (QED) is 0.879. The predicted molar refractivity (Wildman–Crippen MR) is 100.0 cm³/mol. The first-order chi connectivity index (χ1) is 12.2. The Labute approximate surface area is 149 Å². The number of rotatable bonds is 6. The summed E-state index contributed by atoms with van der Waals surface area (Å²) in [5.41, 5.74) is 3.50. The van der Waals surface area contributed by atoms with Crippen LogP contribution in [0.5, 0.6) is 5.75 Å². The zero-order chi connectivity index (χ0) is 17.6. The third kappa shape index (κ3) is 4.20. The van der Waals surface area contributed by atoms with Gasteiger partial charge < -0.3 is 10.1 Å². The van der Waals surface area contributed by atoms with Crippen LogP contribution in [-0.2, 0) is 13.0 Å². The third-order valence-corrected chi connectivity index (χ3v) is 4.98. The fourth-order valence-electron chi connectivity index (χ4n) is 3.44. The number of fused-ring (bicyclic) bond motifs is 1. The maximum Gasteiger partial charge on any atom is 0.251 e. The van der Waals surface area contributed by atoms with Gasteiger partial charge in [0.15, 0.2) is 0 Å². The second kappa shape index (κ2) is 8.17. The lowest BCUT2D eigenvalue weighted by atomic mass is 9.98. The van der Waals surface area contributed by atoms with Gasteiger partial charge in [-0.05, 0) is 42.2 Å². The lowest BCUT2D eigenvalue weighted by molar-refractivity contribution is 0.0926. The first-order valence-electron chi connectivity index (χ1n) is 8.94. The number of methoxy groups -OCH3 is 1. The fraction of sp³-hybridized carbons (Fsp3) is 0.381. The number of ether oxygens (including phenoxy) is 1. The third-order valence-electron chi connectivity index (χ3n) is 4.98. The number of benzene rings is 2. The number of nitrogens with one attached hydrogen (secondary N) is 1. The van der Waals surface area contributed by atoms with E-state index < -0.39 is 0 Å². The predicted octanol–water partition coefficient (Wildman–Crippen LogP) is 3.26. The van der Waals surface area contributed by atoms with Gasteiger partial charge in [-0.2, -0.15) is 0 Å². The van der Waals surface area contributed by atoms with Crippen molar-refractivity contribution < 1.29 is 9.53 Å². The summed E-state index contributed by atoms with van der Waals surface area (Å²) >= 11 is 0. The maximum absolute atomic E-state index is 12.4. The van der Waals surface area contributed by atoms with Crippen LogP contribution in [0.4, 0.5) is 0 Å². The summed E-state index contributed by atoms with van der Waals surface area (Å²) in [6.07, 6.45) is 2.09. The van der Waals surface area contributed by atoms with Crippen molar-refractivity contribution in [1.29, 1.82) is 0 Å². The maximum atomic E-state index is 12.4. The lowest BCUT2D eigenvalue weighted by Gasteiger charge is -2.35. The highest BCUT2D eigenvalue weighted by Gasteiger charge is 2.22. The van der Waals surface area contributed by atoms with Gasteiger partial charge in [-0.25, -0.2) is 0 Å². The first kappa shape index (κ1) is 17.5. The Hall–Kier alpha value is -2.33. The zero-order valence-electron chi connectivity index (χ0n) is 15.0. The van der Waals surface area contributed by atoms with E-state index in [1.807, 2.05) is 18.2 Å². The van der Waals surface area contributed by atoms with Gasteiger partial charge in [0.25, 0.3) is 5.91 Å². The summed E-state index contributed by atoms with van der Waals surface area (Å²) in [7, 11) is 1.61. The molecule has 0 saturated heterocycles. The van der Waals surface area contributed by atoms with E-state index in [9.17, 15) is 4.79 Å². The van der Waals surface area contributed by atoms with Crippen molar-refractivity contribution in [3.8, 4) is 5.75 Å². The second-order valence-corrected chi connectivity index (χ2v) is 6.49. The molecule has 0 saturated carbocycles. The van der Waals surface area contributed by atoms with Crippen LogP contribution < -0.4 is 10.1 Å². The highest BCUT2D eigenvalue weighted by molar-refractivity contribution is 5.94. The molecule has 3 rings (SSSR count). The SMILES string of the molecule is CCC(CNC(=O)c1cccc(OC)c1)N1CCc2ccccc2C1. The molecule has 2 aromatic rings. The van der Waals surface area contributed by atoms with Gasteiger partial charge in [-0.3, -0.25) is 9.69 Å². The summed E-state index contributed by atoms with van der Waals surface area (Å²) < 4.78 is 5.19. The van der Waals surface area contributed by atoms with Gasteiger partial charge in [0, 0.05) is 31.2 Å². The van der Waals surface area contributed by atoms with E-state index in [2.05, 4.69) is 41.4 Å². The molecule has 1 atom stereocenters. The molecule has 0 aliphatic carbocycles. The molecule has 132 valence electrons. The Morgan fingerprint density at radius 1 is 1.20 bits per heavy atom. The Kier molecular flexibility index (Phi) is 5.71. The van der Waals surface area contributed by atoms with Crippen molar-refractivity contribution in [3.63, 3.8) is 0 Å². The minimum Gasteiger partial charge on any atom is -0.497 e. The fourth-order valence-corrected chi connectivity index (χ4v) is 3.44. The molecule has 1 heterocycles. The number of amides is 1. The Morgan fingerprint density at radius 3 is 2.76 bits per heavy atom. The van der Waals surface area contributed by atoms with E-state index in [0.717, 1.165) is 25.9 Å². The molecule has 1 N–H and O–H groups in total. The molecule has 25 heavy (non-hydrogen) atoms. The molecular weight excluding hydrogens is 312 g/mol. The summed E-state index contributed by atoms with van der Waals surface area (Å²) in [6, 6.07) is 16.3. The minimum absolute atomic E-state index is 0.0465. The van der Waals surface area contributed by atoms with Crippen molar-refractivity contribution in [2.45, 2.75) is 32.4 Å². The van der Waals surface area contributed by atoms with Crippen molar-refractivity contribution in [2.75, 3.05) is 20.2 Å². The van der Waals surface area contributed by atoms with Crippen LogP contribution in [0.15, 0.2) is 48.5 Å². The first-order valence-corrected chi connectivity index (χ1v) is 8.94. The van der Waals surface area contributed by atoms with E-state index in [1.165, 1.54) is 11.1 Å². The van der Waals surface area contributed by atoms with E-state index in [4.69, 9.17) is 4.74 Å². The van der Waals surface area contributed by atoms with E-state index in [0.29, 0.717) is 23.9 Å². The lowest BCUT2D eigenvalue weighted by Crippen LogP contribution is -2.45. The van der Waals surface area contributed by atoms with Gasteiger partial charge in [0.05, 0.1) is 7.11 Å². The van der Waals surface area contributed by atoms with Crippen LogP contribution in [0.3, 0.4) is 0 Å². The topological polar surface area (TPSA) is 41.6 Å². The van der Waals surface area contributed by atoms with Crippen molar-refractivity contribution in [1.82, 2.24) is 10.2 Å². The van der Waals surface area contributed by atoms with Gasteiger partial charge in [-0.15, -0.1) is 0 Å². The van der Waals surface area contributed by atoms with Crippen molar-refractivity contribution in [3.05, 3.63) is 65.2 Å². The molecule has 4 nitrogen and oxygen atoms in total. The molecule has 1 aliphatic heterocycles. The molecule has 0 fully saturated rings. The average Bonchev–Trinajstić information content (AvgIpc) is 2.68. The van der Waals surface area contributed by atoms with Crippen molar-refractivity contribution >= 4 is 5.91 Å². The number of carbonyl (C=O) groups excluding carboxylic acids is 1. The number of hydrogen-bond acceptors (Lipinski definition) is 3. The van der Waals surface area contributed by atoms with E-state index >= 15 is 0 Å². The molecule has 0 bridgehead atoms. The average molecular weight is 338 g/mol. The molecule has 0 radical (unpaired) electrons. The molecule has 1 amide bonds. The molecular formula is C21H26N2O2. The Balaban J connectivity index is 1.60. The van der Waals surface area contributed by atoms with Crippen LogP contribution in [0.1, 0.15) is 34.8 Å². The molecule has 4 heteroatoms. The minimum atomic E-state index is -0.0465. The van der Waals surface area contributed by atoms with E-state index in [1.54, 1.807) is 13.2 Å². The van der Waals surface area contributed by atoms with Crippen LogP contribution in [0.25, 0.3) is 0 Å². The number of nitrogens with zero attached hydrogens (tertiary/aromatic N) is 1. The number of carbonyl (C=O) groups is 1. The molecule has 0 spiro atoms. The van der Waals surface area contributed by atoms with Crippen LogP contribution in [0.2, 0.25) is 0 Å².